The molecule has 5 nitrogen and oxygen atoms in total. The number of furan rings is 1. The number of rotatable bonds is 11. The molecule has 1 aromatic heterocycles. The molecule has 0 atom stereocenters. The molecule has 5 aromatic rings. The number of esters is 1. The lowest BCUT2D eigenvalue weighted by atomic mass is 9.97. The van der Waals surface area contributed by atoms with Crippen LogP contribution < -0.4 is 4.74 Å². The molecule has 0 saturated carbocycles. The predicted octanol–water partition coefficient (Wildman–Crippen LogP) is 9.68. The lowest BCUT2D eigenvalue weighted by Gasteiger charge is -2.14. The summed E-state index contributed by atoms with van der Waals surface area (Å²) in [6.07, 6.45) is 3.12. The van der Waals surface area contributed by atoms with Crippen LogP contribution in [0.3, 0.4) is 0 Å². The van der Waals surface area contributed by atoms with Crippen LogP contribution in [0.25, 0.3) is 33.1 Å². The summed E-state index contributed by atoms with van der Waals surface area (Å²) < 4.78 is 18.5. The average Bonchev–Trinajstić information content (AvgIpc) is 3.37. The Hall–Kier alpha value is -3.90. The fourth-order valence-corrected chi connectivity index (χ4v) is 5.45. The molecule has 204 valence electrons. The first-order chi connectivity index (χ1) is 19.5. The van der Waals surface area contributed by atoms with Crippen molar-refractivity contribution < 1.29 is 23.5 Å². The number of ketones is 1. The number of Topliss-reactive ketones (excluding diaryl/α,β-unsaturated/α-hetero) is 1. The highest BCUT2D eigenvalue weighted by Crippen LogP contribution is 2.40. The van der Waals surface area contributed by atoms with Crippen LogP contribution in [0.15, 0.2) is 87.8 Å². The lowest BCUT2D eigenvalue weighted by molar-refractivity contribution is -0.143. The van der Waals surface area contributed by atoms with Gasteiger partial charge < -0.3 is 13.9 Å². The number of carbonyl (C=O) groups excluding carboxylic acids is 2. The highest BCUT2D eigenvalue weighted by Gasteiger charge is 2.22. The van der Waals surface area contributed by atoms with Crippen molar-refractivity contribution in [1.82, 2.24) is 0 Å². The summed E-state index contributed by atoms with van der Waals surface area (Å²) >= 11 is 3.75. The highest BCUT2D eigenvalue weighted by atomic mass is 79.9. The monoisotopic (exact) mass is 598 g/mol. The normalized spacial score (nSPS) is 11.2. The largest absolute Gasteiger partial charge is 0.466 e. The van der Waals surface area contributed by atoms with Crippen molar-refractivity contribution in [2.24, 2.45) is 0 Å². The van der Waals surface area contributed by atoms with Crippen LogP contribution in [-0.2, 0) is 16.0 Å². The molecule has 6 heteroatoms. The zero-order chi connectivity index (χ0) is 28.1. The van der Waals surface area contributed by atoms with E-state index in [4.69, 9.17) is 13.9 Å². The second-order valence-corrected chi connectivity index (χ2v) is 10.5. The van der Waals surface area contributed by atoms with Gasteiger partial charge in [0.1, 0.15) is 22.8 Å². The molecule has 0 aliphatic carbocycles. The first-order valence-electron chi connectivity index (χ1n) is 13.7. The predicted molar refractivity (Wildman–Crippen MR) is 162 cm³/mol. The third-order valence-electron chi connectivity index (χ3n) is 6.91. The quantitative estimate of drug-likeness (QED) is 0.112. The van der Waals surface area contributed by atoms with Gasteiger partial charge in [0.2, 0.25) is 0 Å². The van der Waals surface area contributed by atoms with E-state index in [-0.39, 0.29) is 11.8 Å². The van der Waals surface area contributed by atoms with Crippen LogP contribution in [-0.4, -0.2) is 18.4 Å². The maximum absolute atomic E-state index is 13.2. The minimum absolute atomic E-state index is 0.105. The Balaban J connectivity index is 1.47. The SMILES string of the molecule is CCCCC(=O)c1c(-c2ccc3c(Br)c(Oc4ccccc4CCC(=O)OCC)ccc3c2)oc2ccccc12. The van der Waals surface area contributed by atoms with Gasteiger partial charge >= 0.3 is 5.97 Å². The summed E-state index contributed by atoms with van der Waals surface area (Å²) in [4.78, 5) is 25.1. The minimum Gasteiger partial charge on any atom is -0.466 e. The summed E-state index contributed by atoms with van der Waals surface area (Å²) in [6, 6.07) is 25.4. The lowest BCUT2D eigenvalue weighted by Crippen LogP contribution is -2.05. The summed E-state index contributed by atoms with van der Waals surface area (Å²) in [5, 5.41) is 2.81. The van der Waals surface area contributed by atoms with Crippen LogP contribution in [0.4, 0.5) is 0 Å². The fraction of sp³-hybridized carbons (Fsp3) is 0.235. The number of benzene rings is 4. The van der Waals surface area contributed by atoms with E-state index in [2.05, 4.69) is 22.9 Å². The second-order valence-electron chi connectivity index (χ2n) is 9.66. The van der Waals surface area contributed by atoms with Gasteiger partial charge in [-0.2, -0.15) is 0 Å². The van der Waals surface area contributed by atoms with Gasteiger partial charge in [-0.3, -0.25) is 9.59 Å². The van der Waals surface area contributed by atoms with Crippen LogP contribution in [0.5, 0.6) is 11.5 Å². The molecule has 0 bridgehead atoms. The van der Waals surface area contributed by atoms with Gasteiger partial charge in [-0.15, -0.1) is 0 Å². The number of aryl methyl sites for hydroxylation is 1. The minimum atomic E-state index is -0.223. The first kappa shape index (κ1) is 27.7. The molecule has 40 heavy (non-hydrogen) atoms. The maximum atomic E-state index is 13.2. The third-order valence-corrected chi connectivity index (χ3v) is 7.73. The number of halogens is 1. The van der Waals surface area contributed by atoms with E-state index in [0.29, 0.717) is 54.3 Å². The van der Waals surface area contributed by atoms with Crippen LogP contribution in [0, 0.1) is 0 Å². The van der Waals surface area contributed by atoms with E-state index in [9.17, 15) is 9.59 Å². The van der Waals surface area contributed by atoms with Gasteiger partial charge in [0.05, 0.1) is 16.6 Å². The van der Waals surface area contributed by atoms with Gasteiger partial charge in [-0.05, 0) is 76.3 Å². The molecule has 0 spiro atoms. The number of hydrogen-bond acceptors (Lipinski definition) is 5. The van der Waals surface area contributed by atoms with Gasteiger partial charge in [0.15, 0.2) is 5.78 Å². The van der Waals surface area contributed by atoms with Crippen molar-refractivity contribution in [1.29, 1.82) is 0 Å². The van der Waals surface area contributed by atoms with Crippen molar-refractivity contribution >= 4 is 49.4 Å². The van der Waals surface area contributed by atoms with Crippen LogP contribution in [0.1, 0.15) is 55.5 Å². The number of hydrogen-bond donors (Lipinski definition) is 0. The van der Waals surface area contributed by atoms with Crippen molar-refractivity contribution in [2.45, 2.75) is 46.0 Å². The highest BCUT2D eigenvalue weighted by molar-refractivity contribution is 9.10. The third kappa shape index (κ3) is 5.82. The Bertz CT molecular complexity index is 1680. The molecule has 0 radical (unpaired) electrons. The first-order valence-corrected chi connectivity index (χ1v) is 14.5. The number of para-hydroxylation sites is 2. The molecular formula is C34H31BrO5. The van der Waals surface area contributed by atoms with E-state index >= 15 is 0 Å². The van der Waals surface area contributed by atoms with Crippen molar-refractivity contribution in [3.8, 4) is 22.8 Å². The van der Waals surface area contributed by atoms with Gasteiger partial charge in [0.25, 0.3) is 0 Å². The van der Waals surface area contributed by atoms with Crippen molar-refractivity contribution in [2.75, 3.05) is 6.61 Å². The van der Waals surface area contributed by atoms with Gasteiger partial charge in [0, 0.05) is 23.8 Å². The molecule has 0 N–H and O–H groups in total. The Morgan fingerprint density at radius 2 is 1.65 bits per heavy atom. The van der Waals surface area contributed by atoms with E-state index < -0.39 is 0 Å². The van der Waals surface area contributed by atoms with E-state index in [0.717, 1.165) is 44.6 Å². The summed E-state index contributed by atoms with van der Waals surface area (Å²) in [5.41, 5.74) is 3.15. The van der Waals surface area contributed by atoms with Crippen LogP contribution in [0.2, 0.25) is 0 Å². The number of unbranched alkanes of at least 4 members (excludes halogenated alkanes) is 1. The number of fused-ring (bicyclic) bond motifs is 2. The summed E-state index contributed by atoms with van der Waals surface area (Å²) in [7, 11) is 0. The molecule has 0 fully saturated rings. The molecule has 5 rings (SSSR count). The zero-order valence-electron chi connectivity index (χ0n) is 22.7. The summed E-state index contributed by atoms with van der Waals surface area (Å²) in [5.74, 6) is 1.85. The molecule has 0 unspecified atom stereocenters. The zero-order valence-corrected chi connectivity index (χ0v) is 24.3. The fourth-order valence-electron chi connectivity index (χ4n) is 4.88. The Morgan fingerprint density at radius 3 is 2.48 bits per heavy atom. The molecule has 0 amide bonds. The van der Waals surface area contributed by atoms with E-state index in [1.807, 2.05) is 78.9 Å². The molecule has 0 aliphatic heterocycles. The van der Waals surface area contributed by atoms with E-state index in [1.165, 1.54) is 0 Å². The van der Waals surface area contributed by atoms with Gasteiger partial charge in [-0.1, -0.05) is 67.9 Å². The molecular weight excluding hydrogens is 568 g/mol. The van der Waals surface area contributed by atoms with Crippen molar-refractivity contribution in [3.63, 3.8) is 0 Å². The maximum Gasteiger partial charge on any atom is 0.306 e. The topological polar surface area (TPSA) is 65.7 Å². The standard InChI is InChI=1S/C34H31BrO5/c1-3-5-12-27(36)32-26-11-7-9-14-29(26)40-34(32)24-15-18-25-23(21-24)16-19-30(33(25)35)39-28-13-8-6-10-22(28)17-20-31(37)38-4-2/h6-11,13-16,18-19,21H,3-5,12,17,20H2,1-2H3. The number of carbonyl (C=O) groups is 2. The van der Waals surface area contributed by atoms with E-state index in [1.54, 1.807) is 6.92 Å². The van der Waals surface area contributed by atoms with Crippen molar-refractivity contribution in [3.05, 3.63) is 94.5 Å². The van der Waals surface area contributed by atoms with Gasteiger partial charge in [-0.25, -0.2) is 0 Å². The Morgan fingerprint density at radius 1 is 0.850 bits per heavy atom. The number of ether oxygens (including phenoxy) is 2. The van der Waals surface area contributed by atoms with Crippen LogP contribution >= 0.6 is 15.9 Å². The Kier molecular flexibility index (Phi) is 8.66. The molecule has 0 aliphatic rings. The second kappa shape index (κ2) is 12.5. The molecule has 0 saturated heterocycles. The average molecular weight is 600 g/mol. The Labute approximate surface area is 242 Å². The smallest absolute Gasteiger partial charge is 0.306 e. The molecule has 4 aromatic carbocycles. The molecule has 1 heterocycles. The summed E-state index contributed by atoms with van der Waals surface area (Å²) in [6.45, 7) is 4.26.